The third-order valence-corrected chi connectivity index (χ3v) is 3.64. The molecule has 1 unspecified atom stereocenters. The minimum atomic E-state index is -0.668. The molecule has 1 aromatic heterocycles. The van der Waals surface area contributed by atoms with Crippen molar-refractivity contribution >= 4 is 16.8 Å². The molecule has 0 radical (unpaired) electrons. The number of halogens is 1. The molecule has 6 heteroatoms. The third-order valence-electron chi connectivity index (χ3n) is 3.64. The Balaban J connectivity index is 2.25. The second-order valence-corrected chi connectivity index (χ2v) is 6.17. The Morgan fingerprint density at radius 2 is 2.09 bits per heavy atom. The van der Waals surface area contributed by atoms with Crippen LogP contribution in [0.3, 0.4) is 0 Å². The van der Waals surface area contributed by atoms with Crippen LogP contribution in [0.15, 0.2) is 23.1 Å². The summed E-state index contributed by atoms with van der Waals surface area (Å²) in [5, 5.41) is 12.5. The van der Waals surface area contributed by atoms with Gasteiger partial charge in [0.1, 0.15) is 11.4 Å². The molecule has 0 saturated heterocycles. The zero-order chi connectivity index (χ0) is 17.1. The van der Waals surface area contributed by atoms with E-state index in [1.54, 1.807) is 6.92 Å². The molecule has 0 aliphatic heterocycles. The summed E-state index contributed by atoms with van der Waals surface area (Å²) in [6, 6.07) is 2.44. The van der Waals surface area contributed by atoms with Crippen molar-refractivity contribution in [3.63, 3.8) is 0 Å². The summed E-state index contributed by atoms with van der Waals surface area (Å²) in [5.74, 6) is -0.805. The first kappa shape index (κ1) is 17.1. The Bertz CT molecular complexity index is 783. The zero-order valence-electron chi connectivity index (χ0n) is 13.4. The highest BCUT2D eigenvalue weighted by Crippen LogP contribution is 2.15. The van der Waals surface area contributed by atoms with Crippen molar-refractivity contribution in [2.45, 2.75) is 33.3 Å². The highest BCUT2D eigenvalue weighted by atomic mass is 19.1. The lowest BCUT2D eigenvalue weighted by atomic mass is 10.1. The molecule has 0 aliphatic rings. The van der Waals surface area contributed by atoms with E-state index in [2.05, 4.69) is 10.3 Å². The first-order valence-electron chi connectivity index (χ1n) is 7.57. The van der Waals surface area contributed by atoms with Crippen LogP contribution >= 0.6 is 0 Å². The molecule has 5 nitrogen and oxygen atoms in total. The summed E-state index contributed by atoms with van der Waals surface area (Å²) in [7, 11) is 0. The molecular formula is C17H21FN2O3. The van der Waals surface area contributed by atoms with Gasteiger partial charge in [-0.2, -0.15) is 0 Å². The van der Waals surface area contributed by atoms with E-state index in [4.69, 9.17) is 0 Å². The molecule has 1 amide bonds. The van der Waals surface area contributed by atoms with Crippen LogP contribution in [0.5, 0.6) is 0 Å². The number of hydrogen-bond donors (Lipinski definition) is 3. The molecular weight excluding hydrogens is 299 g/mol. The molecule has 0 fully saturated rings. The number of carbonyl (C=O) groups excluding carboxylic acids is 1. The van der Waals surface area contributed by atoms with Crippen LogP contribution in [0.25, 0.3) is 10.9 Å². The number of rotatable bonds is 5. The largest absolute Gasteiger partial charge is 0.391 e. The van der Waals surface area contributed by atoms with E-state index in [1.165, 1.54) is 12.3 Å². The van der Waals surface area contributed by atoms with Crippen LogP contribution in [0.2, 0.25) is 0 Å². The van der Waals surface area contributed by atoms with Gasteiger partial charge in [-0.1, -0.05) is 13.8 Å². The van der Waals surface area contributed by atoms with Gasteiger partial charge in [0.25, 0.3) is 5.91 Å². The van der Waals surface area contributed by atoms with E-state index < -0.39 is 23.3 Å². The van der Waals surface area contributed by atoms with Crippen LogP contribution < -0.4 is 10.7 Å². The summed E-state index contributed by atoms with van der Waals surface area (Å²) in [4.78, 5) is 27.4. The SMILES string of the molecule is Cc1cc(F)cc2c(=O)c(C(=O)NCC(O)CC(C)C)c[nH]c12. The van der Waals surface area contributed by atoms with E-state index >= 15 is 0 Å². The van der Waals surface area contributed by atoms with Crippen molar-refractivity contribution in [1.29, 1.82) is 0 Å². The standard InChI is InChI=1S/C17H21FN2O3/c1-9(2)4-12(21)7-20-17(23)14-8-19-15-10(3)5-11(18)6-13(15)16(14)22/h5-6,8-9,12,21H,4,7H2,1-3H3,(H,19,22)(H,20,23). The number of amides is 1. The molecule has 23 heavy (non-hydrogen) atoms. The average molecular weight is 320 g/mol. The fourth-order valence-corrected chi connectivity index (χ4v) is 2.57. The minimum absolute atomic E-state index is 0.0661. The number of nitrogens with one attached hydrogen (secondary N) is 2. The number of aliphatic hydroxyl groups excluding tert-OH is 1. The molecule has 2 aromatic rings. The zero-order valence-corrected chi connectivity index (χ0v) is 13.4. The number of aryl methyl sites for hydroxylation is 1. The minimum Gasteiger partial charge on any atom is -0.391 e. The van der Waals surface area contributed by atoms with Crippen LogP contribution in [0, 0.1) is 18.7 Å². The predicted molar refractivity (Wildman–Crippen MR) is 87.1 cm³/mol. The third kappa shape index (κ3) is 3.96. The number of aromatic amines is 1. The highest BCUT2D eigenvalue weighted by Gasteiger charge is 2.16. The molecule has 1 heterocycles. The first-order chi connectivity index (χ1) is 10.8. The second kappa shape index (κ2) is 6.91. The van der Waals surface area contributed by atoms with Crippen molar-refractivity contribution in [3.8, 4) is 0 Å². The maximum Gasteiger partial charge on any atom is 0.256 e. The number of benzene rings is 1. The van der Waals surface area contributed by atoms with Crippen LogP contribution in [-0.4, -0.2) is 28.6 Å². The molecule has 0 spiro atoms. The molecule has 0 aliphatic carbocycles. The summed E-state index contributed by atoms with van der Waals surface area (Å²) in [6.07, 6.45) is 1.21. The van der Waals surface area contributed by atoms with Crippen molar-refractivity contribution in [2.75, 3.05) is 6.54 Å². The maximum absolute atomic E-state index is 13.5. The van der Waals surface area contributed by atoms with E-state index in [0.29, 0.717) is 23.4 Å². The summed E-state index contributed by atoms with van der Waals surface area (Å²) < 4.78 is 13.5. The van der Waals surface area contributed by atoms with Gasteiger partial charge >= 0.3 is 0 Å². The van der Waals surface area contributed by atoms with Crippen LogP contribution in [0.4, 0.5) is 4.39 Å². The topological polar surface area (TPSA) is 82.2 Å². The fourth-order valence-electron chi connectivity index (χ4n) is 2.57. The monoisotopic (exact) mass is 320 g/mol. The average Bonchev–Trinajstić information content (AvgIpc) is 2.45. The lowest BCUT2D eigenvalue weighted by Gasteiger charge is -2.14. The van der Waals surface area contributed by atoms with Crippen LogP contribution in [0.1, 0.15) is 36.2 Å². The van der Waals surface area contributed by atoms with Crippen molar-refractivity contribution in [2.24, 2.45) is 5.92 Å². The second-order valence-electron chi connectivity index (χ2n) is 6.17. The Morgan fingerprint density at radius 1 is 1.39 bits per heavy atom. The van der Waals surface area contributed by atoms with Gasteiger partial charge in [0.05, 0.1) is 11.6 Å². The van der Waals surface area contributed by atoms with Gasteiger partial charge in [-0.15, -0.1) is 0 Å². The molecule has 0 bridgehead atoms. The molecule has 1 atom stereocenters. The number of pyridine rings is 1. The number of hydrogen-bond acceptors (Lipinski definition) is 3. The van der Waals surface area contributed by atoms with Gasteiger partial charge < -0.3 is 15.4 Å². The van der Waals surface area contributed by atoms with Gasteiger partial charge in [0.2, 0.25) is 5.43 Å². The molecule has 3 N–H and O–H groups in total. The summed E-state index contributed by atoms with van der Waals surface area (Å²) >= 11 is 0. The van der Waals surface area contributed by atoms with Gasteiger partial charge in [0, 0.05) is 18.1 Å². The van der Waals surface area contributed by atoms with E-state index in [9.17, 15) is 19.1 Å². The van der Waals surface area contributed by atoms with Crippen molar-refractivity contribution < 1.29 is 14.3 Å². The van der Waals surface area contributed by atoms with Gasteiger partial charge in [-0.05, 0) is 37.0 Å². The van der Waals surface area contributed by atoms with Gasteiger partial charge in [-0.3, -0.25) is 9.59 Å². The fraction of sp³-hybridized carbons (Fsp3) is 0.412. The number of H-pyrrole nitrogens is 1. The van der Waals surface area contributed by atoms with Gasteiger partial charge in [0.15, 0.2) is 0 Å². The lowest BCUT2D eigenvalue weighted by Crippen LogP contribution is -2.35. The maximum atomic E-state index is 13.5. The molecule has 0 saturated carbocycles. The Morgan fingerprint density at radius 3 is 2.74 bits per heavy atom. The van der Waals surface area contributed by atoms with Crippen LogP contribution in [-0.2, 0) is 0 Å². The number of aromatic nitrogens is 1. The first-order valence-corrected chi connectivity index (χ1v) is 7.57. The Labute approximate surface area is 133 Å². The lowest BCUT2D eigenvalue weighted by molar-refractivity contribution is 0.0899. The quantitative estimate of drug-likeness (QED) is 0.789. The number of carbonyl (C=O) groups is 1. The van der Waals surface area contributed by atoms with E-state index in [1.807, 2.05) is 13.8 Å². The summed E-state index contributed by atoms with van der Waals surface area (Å²) in [5.41, 5.74) is 0.473. The van der Waals surface area contributed by atoms with Crippen molar-refractivity contribution in [1.82, 2.24) is 10.3 Å². The molecule has 124 valence electrons. The smallest absolute Gasteiger partial charge is 0.256 e. The highest BCUT2D eigenvalue weighted by molar-refractivity contribution is 5.97. The molecule has 2 rings (SSSR count). The molecule has 1 aromatic carbocycles. The number of fused-ring (bicyclic) bond motifs is 1. The normalized spacial score (nSPS) is 12.6. The Hall–Kier alpha value is -2.21. The van der Waals surface area contributed by atoms with E-state index in [0.717, 1.165) is 6.07 Å². The predicted octanol–water partition coefficient (Wildman–Crippen LogP) is 2.11. The summed E-state index contributed by atoms with van der Waals surface area (Å²) in [6.45, 7) is 5.69. The van der Waals surface area contributed by atoms with Gasteiger partial charge in [-0.25, -0.2) is 4.39 Å². The van der Waals surface area contributed by atoms with Crippen molar-refractivity contribution in [3.05, 3.63) is 45.5 Å². The van der Waals surface area contributed by atoms with E-state index in [-0.39, 0.29) is 17.5 Å². The number of aliphatic hydroxyl groups is 1. The Kier molecular flexibility index (Phi) is 5.15.